The summed E-state index contributed by atoms with van der Waals surface area (Å²) in [5, 5.41) is 18.6. The Morgan fingerprint density at radius 1 is 0.900 bits per heavy atom. The summed E-state index contributed by atoms with van der Waals surface area (Å²) in [5.74, 6) is 1.29. The second-order valence-electron chi connectivity index (χ2n) is 5.11. The molecular formula is C18H24O2. The number of hydrogen-bond donors (Lipinski definition) is 2. The summed E-state index contributed by atoms with van der Waals surface area (Å²) in [7, 11) is 0. The Bertz CT molecular complexity index is 527. The lowest BCUT2D eigenvalue weighted by molar-refractivity contribution is 0.462. The second-order valence-corrected chi connectivity index (χ2v) is 5.11. The molecule has 0 saturated carbocycles. The smallest absolute Gasteiger partial charge is 0.121 e. The fourth-order valence-electron chi connectivity index (χ4n) is 1.93. The Hall–Kier alpha value is -1.96. The predicted octanol–water partition coefficient (Wildman–Crippen LogP) is 4.91. The predicted molar refractivity (Wildman–Crippen MR) is 84.4 cm³/mol. The van der Waals surface area contributed by atoms with Crippen molar-refractivity contribution in [2.75, 3.05) is 0 Å². The van der Waals surface area contributed by atoms with Gasteiger partial charge >= 0.3 is 0 Å². The third kappa shape index (κ3) is 4.30. The minimum atomic E-state index is 0.414. The van der Waals surface area contributed by atoms with E-state index in [1.807, 2.05) is 50.2 Å². The summed E-state index contributed by atoms with van der Waals surface area (Å²) in [6.45, 7) is 8.02. The van der Waals surface area contributed by atoms with Crippen LogP contribution in [0.1, 0.15) is 42.9 Å². The van der Waals surface area contributed by atoms with Gasteiger partial charge in [-0.25, -0.2) is 0 Å². The summed E-state index contributed by atoms with van der Waals surface area (Å²) < 4.78 is 0. The summed E-state index contributed by atoms with van der Waals surface area (Å²) in [6.07, 6.45) is 1.07. The summed E-state index contributed by atoms with van der Waals surface area (Å²) >= 11 is 0. The molecule has 1 atom stereocenters. The van der Waals surface area contributed by atoms with Crippen LogP contribution in [0.5, 0.6) is 11.5 Å². The first kappa shape index (κ1) is 16.1. The Kier molecular flexibility index (Phi) is 6.10. The van der Waals surface area contributed by atoms with Crippen molar-refractivity contribution in [3.8, 4) is 11.5 Å². The molecule has 0 radical (unpaired) electrons. The Morgan fingerprint density at radius 3 is 1.90 bits per heavy atom. The molecule has 1 unspecified atom stereocenters. The van der Waals surface area contributed by atoms with E-state index < -0.39 is 0 Å². The standard InChI is InChI=1S/C10H14O.C8H10O/c1-3-8(2)9-6-4-5-7-10(9)11;1-6-4-3-5-7(2)8(6)9/h4-8,11H,3H2,1-2H3;3-5,9H,1-2H3. The van der Waals surface area contributed by atoms with E-state index in [1.165, 1.54) is 0 Å². The van der Waals surface area contributed by atoms with Crippen LogP contribution in [-0.2, 0) is 0 Å². The van der Waals surface area contributed by atoms with Crippen molar-refractivity contribution in [3.05, 3.63) is 59.2 Å². The molecule has 0 spiro atoms. The van der Waals surface area contributed by atoms with E-state index in [2.05, 4.69) is 13.8 Å². The van der Waals surface area contributed by atoms with E-state index in [9.17, 15) is 10.2 Å². The van der Waals surface area contributed by atoms with Gasteiger partial charge in [0.05, 0.1) is 0 Å². The zero-order chi connectivity index (χ0) is 15.1. The zero-order valence-electron chi connectivity index (χ0n) is 12.7. The van der Waals surface area contributed by atoms with Gasteiger partial charge in [-0.3, -0.25) is 0 Å². The summed E-state index contributed by atoms with van der Waals surface area (Å²) in [4.78, 5) is 0. The van der Waals surface area contributed by atoms with Crippen LogP contribution in [0.2, 0.25) is 0 Å². The lowest BCUT2D eigenvalue weighted by atomic mass is 9.98. The first-order valence-corrected chi connectivity index (χ1v) is 7.00. The molecule has 108 valence electrons. The number of aromatic hydroxyl groups is 2. The van der Waals surface area contributed by atoms with Gasteiger partial charge in [0.1, 0.15) is 11.5 Å². The maximum Gasteiger partial charge on any atom is 0.121 e. The minimum absolute atomic E-state index is 0.414. The van der Waals surface area contributed by atoms with Crippen molar-refractivity contribution in [3.63, 3.8) is 0 Å². The molecule has 0 aliphatic heterocycles. The lowest BCUT2D eigenvalue weighted by Gasteiger charge is -2.09. The molecule has 0 aliphatic rings. The summed E-state index contributed by atoms with van der Waals surface area (Å²) in [5.41, 5.74) is 2.93. The number of para-hydroxylation sites is 2. The number of hydrogen-bond acceptors (Lipinski definition) is 2. The quantitative estimate of drug-likeness (QED) is 0.815. The van der Waals surface area contributed by atoms with Crippen LogP contribution in [0.4, 0.5) is 0 Å². The Morgan fingerprint density at radius 2 is 1.45 bits per heavy atom. The molecular weight excluding hydrogens is 248 g/mol. The topological polar surface area (TPSA) is 40.5 Å². The van der Waals surface area contributed by atoms with Crippen LogP contribution in [0, 0.1) is 13.8 Å². The molecule has 0 saturated heterocycles. The fraction of sp³-hybridized carbons (Fsp3) is 0.333. The molecule has 20 heavy (non-hydrogen) atoms. The largest absolute Gasteiger partial charge is 0.508 e. The molecule has 2 aromatic rings. The number of benzene rings is 2. The maximum absolute atomic E-state index is 9.41. The Labute approximate surface area is 121 Å². The molecule has 0 aliphatic carbocycles. The average Bonchev–Trinajstić information content (AvgIpc) is 2.45. The molecule has 2 rings (SSSR count). The summed E-state index contributed by atoms with van der Waals surface area (Å²) in [6, 6.07) is 13.2. The van der Waals surface area contributed by atoms with Crippen LogP contribution in [0.3, 0.4) is 0 Å². The molecule has 2 aromatic carbocycles. The molecule has 0 bridgehead atoms. The maximum atomic E-state index is 9.41. The van der Waals surface area contributed by atoms with Gasteiger partial charge in [0.15, 0.2) is 0 Å². The van der Waals surface area contributed by atoms with Crippen LogP contribution in [0.15, 0.2) is 42.5 Å². The van der Waals surface area contributed by atoms with Crippen LogP contribution in [-0.4, -0.2) is 10.2 Å². The third-order valence-corrected chi connectivity index (χ3v) is 3.52. The highest BCUT2D eigenvalue weighted by Crippen LogP contribution is 2.26. The molecule has 2 heteroatoms. The first-order chi connectivity index (χ1) is 9.47. The van der Waals surface area contributed by atoms with Crippen LogP contribution in [0.25, 0.3) is 0 Å². The van der Waals surface area contributed by atoms with Gasteiger partial charge in [-0.05, 0) is 48.9 Å². The van der Waals surface area contributed by atoms with E-state index in [0.29, 0.717) is 17.4 Å². The second kappa shape index (κ2) is 7.59. The highest BCUT2D eigenvalue weighted by molar-refractivity contribution is 5.38. The first-order valence-electron chi connectivity index (χ1n) is 7.00. The monoisotopic (exact) mass is 272 g/mol. The van der Waals surface area contributed by atoms with Crippen molar-refractivity contribution < 1.29 is 10.2 Å². The van der Waals surface area contributed by atoms with Crippen LogP contribution >= 0.6 is 0 Å². The number of aryl methyl sites for hydroxylation is 2. The normalized spacial score (nSPS) is 11.4. The number of phenolic OH excluding ortho intramolecular Hbond substituents is 2. The molecule has 0 fully saturated rings. The third-order valence-electron chi connectivity index (χ3n) is 3.52. The number of phenols is 2. The fourth-order valence-corrected chi connectivity index (χ4v) is 1.93. The molecule has 0 heterocycles. The van der Waals surface area contributed by atoms with Gasteiger partial charge in [-0.15, -0.1) is 0 Å². The van der Waals surface area contributed by atoms with E-state index in [0.717, 1.165) is 23.1 Å². The van der Waals surface area contributed by atoms with E-state index in [1.54, 1.807) is 6.07 Å². The van der Waals surface area contributed by atoms with Gasteiger partial charge in [-0.1, -0.05) is 50.2 Å². The Balaban J connectivity index is 0.000000204. The molecule has 2 nitrogen and oxygen atoms in total. The van der Waals surface area contributed by atoms with Crippen molar-refractivity contribution in [2.24, 2.45) is 0 Å². The minimum Gasteiger partial charge on any atom is -0.508 e. The van der Waals surface area contributed by atoms with Gasteiger partial charge in [0, 0.05) is 0 Å². The van der Waals surface area contributed by atoms with E-state index in [-0.39, 0.29) is 0 Å². The van der Waals surface area contributed by atoms with Gasteiger partial charge in [0.25, 0.3) is 0 Å². The highest BCUT2D eigenvalue weighted by atomic mass is 16.3. The zero-order valence-corrected chi connectivity index (χ0v) is 12.7. The average molecular weight is 272 g/mol. The van der Waals surface area contributed by atoms with Crippen LogP contribution < -0.4 is 0 Å². The number of rotatable bonds is 2. The van der Waals surface area contributed by atoms with Gasteiger partial charge < -0.3 is 10.2 Å². The van der Waals surface area contributed by atoms with Crippen molar-refractivity contribution in [1.82, 2.24) is 0 Å². The molecule has 2 N–H and O–H groups in total. The SMILES string of the molecule is CCC(C)c1ccccc1O.Cc1cccc(C)c1O. The molecule has 0 aromatic heterocycles. The van der Waals surface area contributed by atoms with Crippen molar-refractivity contribution >= 4 is 0 Å². The van der Waals surface area contributed by atoms with Crippen molar-refractivity contribution in [2.45, 2.75) is 40.0 Å². The lowest BCUT2D eigenvalue weighted by Crippen LogP contribution is -1.90. The van der Waals surface area contributed by atoms with E-state index in [4.69, 9.17) is 0 Å². The van der Waals surface area contributed by atoms with Crippen molar-refractivity contribution in [1.29, 1.82) is 0 Å². The highest BCUT2D eigenvalue weighted by Gasteiger charge is 2.05. The van der Waals surface area contributed by atoms with Gasteiger partial charge in [0.2, 0.25) is 0 Å². The van der Waals surface area contributed by atoms with Gasteiger partial charge in [-0.2, -0.15) is 0 Å². The van der Waals surface area contributed by atoms with E-state index >= 15 is 0 Å². The molecule has 0 amide bonds.